The number of carbonyl (C=O) groups is 2. The molecule has 0 amide bonds. The number of carbonyl (C=O) groups excluding carboxylic acids is 2. The number of hydrogen-bond acceptors (Lipinski definition) is 11. The van der Waals surface area contributed by atoms with Gasteiger partial charge in [0.05, 0.1) is 6.61 Å². The van der Waals surface area contributed by atoms with E-state index in [2.05, 4.69) is 80.7 Å². The van der Waals surface area contributed by atoms with E-state index in [1.807, 2.05) is 6.08 Å². The van der Waals surface area contributed by atoms with Crippen LogP contribution in [-0.2, 0) is 38.7 Å². The predicted octanol–water partition coefficient (Wildman–Crippen LogP) is 12.2. The van der Waals surface area contributed by atoms with Gasteiger partial charge in [-0.3, -0.25) is 14.1 Å². The Morgan fingerprint density at radius 2 is 0.941 bits per heavy atom. The first-order chi connectivity index (χ1) is 33.0. The fourth-order valence-electron chi connectivity index (χ4n) is 7.63. The first kappa shape index (κ1) is 63.1. The number of hydrogen-bond donors (Lipinski definition) is 4. The van der Waals surface area contributed by atoms with Crippen LogP contribution in [0.3, 0.4) is 0 Å². The smallest absolute Gasteiger partial charge is 0.306 e. The van der Waals surface area contributed by atoms with Crippen LogP contribution in [0.25, 0.3) is 0 Å². The Bertz CT molecular complexity index is 1520. The van der Waals surface area contributed by atoms with Crippen LogP contribution in [0, 0.1) is 0 Å². The molecule has 1 aliphatic heterocycles. The molecule has 0 saturated carbocycles. The summed E-state index contributed by atoms with van der Waals surface area (Å²) in [5.74, 6) is -2.08. The zero-order valence-electron chi connectivity index (χ0n) is 42.2. The second-order valence-electron chi connectivity index (χ2n) is 18.2. The second kappa shape index (κ2) is 44.1. The molecule has 1 saturated heterocycles. The van der Waals surface area contributed by atoms with Gasteiger partial charge in [-0.15, -0.1) is 0 Å². The Kier molecular flexibility index (Phi) is 40.9. The monoisotopic (exact) mass is 979 g/mol. The molecule has 0 radical (unpaired) electrons. The minimum atomic E-state index is -4.62. The molecule has 6 atom stereocenters. The van der Waals surface area contributed by atoms with Crippen LogP contribution in [0.5, 0.6) is 0 Å². The van der Waals surface area contributed by atoms with Crippen molar-refractivity contribution in [2.75, 3.05) is 19.0 Å². The molecule has 0 aliphatic carbocycles. The Morgan fingerprint density at radius 3 is 1.47 bits per heavy atom. The highest BCUT2D eigenvalue weighted by Crippen LogP contribution is 2.24. The summed E-state index contributed by atoms with van der Waals surface area (Å²) < 4.78 is 54.2. The van der Waals surface area contributed by atoms with Crippen LogP contribution in [0.2, 0.25) is 0 Å². The van der Waals surface area contributed by atoms with Gasteiger partial charge in [0.25, 0.3) is 10.1 Å². The third-order valence-corrected chi connectivity index (χ3v) is 12.5. The van der Waals surface area contributed by atoms with Crippen LogP contribution in [-0.4, -0.2) is 96.0 Å². The predicted molar refractivity (Wildman–Crippen MR) is 275 cm³/mol. The summed E-state index contributed by atoms with van der Waals surface area (Å²) in [4.78, 5) is 25.5. The van der Waals surface area contributed by atoms with E-state index in [1.165, 1.54) is 96.3 Å². The lowest BCUT2D eigenvalue weighted by Gasteiger charge is -2.40. The quantitative estimate of drug-likeness (QED) is 0.0196. The third kappa shape index (κ3) is 37.9. The molecule has 12 nitrogen and oxygen atoms in total. The lowest BCUT2D eigenvalue weighted by atomic mass is 10.00. The maximum atomic E-state index is 12.9. The first-order valence-electron chi connectivity index (χ1n) is 26.5. The van der Waals surface area contributed by atoms with Crippen molar-refractivity contribution >= 4 is 22.1 Å². The Morgan fingerprint density at radius 1 is 0.500 bits per heavy atom. The molecule has 13 heteroatoms. The standard InChI is InChI=1S/C55H94O12S/c1-3-5-7-9-11-13-15-17-19-21-22-23-24-25-26-28-30-32-34-36-38-40-42-44-51(57)66-48(46-65-55-54(60)53(59)52(58)49(67-55)47-68(61,62)63)45-64-50(56)43-41-39-37-35-33-31-29-27-20-18-16-14-12-10-8-6-4-2/h8,10,14,16,20,27-28,30-31,33,36,38,48-49,52-55,58-60H,3-7,9,11-13,15,17-19,21-26,29,32,34-35,37,39-47H2,1-2H3,(H,61,62,63)/b10-8+,16-14+,27-20+,30-28+,33-31+,38-36+/t48-,49-,52-,53?,54?,55+/m1/s1. The average molecular weight is 979 g/mol. The molecule has 0 aromatic carbocycles. The van der Waals surface area contributed by atoms with Gasteiger partial charge in [0.2, 0.25) is 0 Å². The van der Waals surface area contributed by atoms with Gasteiger partial charge in [0.15, 0.2) is 12.4 Å². The molecule has 392 valence electrons. The molecule has 2 unspecified atom stereocenters. The van der Waals surface area contributed by atoms with Crippen molar-refractivity contribution in [2.24, 2.45) is 0 Å². The zero-order valence-corrected chi connectivity index (χ0v) is 43.0. The van der Waals surface area contributed by atoms with E-state index < -0.39 is 71.2 Å². The highest BCUT2D eigenvalue weighted by Gasteiger charge is 2.46. The fraction of sp³-hybridized carbons (Fsp3) is 0.745. The maximum Gasteiger partial charge on any atom is 0.306 e. The van der Waals surface area contributed by atoms with Crippen LogP contribution in [0.4, 0.5) is 0 Å². The molecule has 0 bridgehead atoms. The van der Waals surface area contributed by atoms with Gasteiger partial charge >= 0.3 is 11.9 Å². The van der Waals surface area contributed by atoms with Crippen LogP contribution < -0.4 is 0 Å². The minimum Gasteiger partial charge on any atom is -0.462 e. The summed E-state index contributed by atoms with van der Waals surface area (Å²) in [6, 6.07) is 0. The zero-order chi connectivity index (χ0) is 49.8. The number of allylic oxidation sites excluding steroid dienone is 12. The lowest BCUT2D eigenvalue weighted by Crippen LogP contribution is -2.60. The summed E-state index contributed by atoms with van der Waals surface area (Å²) in [5.41, 5.74) is 0. The summed E-state index contributed by atoms with van der Waals surface area (Å²) in [6.07, 6.45) is 48.1. The van der Waals surface area contributed by atoms with Crippen molar-refractivity contribution in [3.05, 3.63) is 72.9 Å². The Hall–Kier alpha value is -2.91. The van der Waals surface area contributed by atoms with Gasteiger partial charge in [-0.1, -0.05) is 183 Å². The van der Waals surface area contributed by atoms with Crippen molar-refractivity contribution < 1.29 is 56.8 Å². The Labute approximate surface area is 412 Å². The van der Waals surface area contributed by atoms with Gasteiger partial charge < -0.3 is 34.3 Å². The number of aliphatic hydroxyl groups excluding tert-OH is 3. The van der Waals surface area contributed by atoms with Crippen molar-refractivity contribution in [1.29, 1.82) is 0 Å². The molecule has 0 aromatic rings. The summed E-state index contributed by atoms with van der Waals surface area (Å²) >= 11 is 0. The molecular formula is C55H94O12S. The normalized spacial score (nSPS) is 19.8. The molecule has 4 N–H and O–H groups in total. The maximum absolute atomic E-state index is 12.9. The third-order valence-electron chi connectivity index (χ3n) is 11.7. The SMILES string of the molecule is CCC/C=C/C/C=C/C/C=C/C/C=C/CCCCCC(=O)OC[C@H](CO[C@H]1O[C@H](CS(=O)(=O)O)[C@@H](O)C(O)C1O)OC(=O)CCC/C=C/CC/C=C/CCCCCCCCCCCCCCCC. The van der Waals surface area contributed by atoms with Gasteiger partial charge in [-0.05, 0) is 83.5 Å². The highest BCUT2D eigenvalue weighted by atomic mass is 32.2. The summed E-state index contributed by atoms with van der Waals surface area (Å²) in [6.45, 7) is 3.66. The van der Waals surface area contributed by atoms with Crippen LogP contribution in [0.1, 0.15) is 206 Å². The van der Waals surface area contributed by atoms with Crippen LogP contribution in [0.15, 0.2) is 72.9 Å². The van der Waals surface area contributed by atoms with E-state index in [0.717, 1.165) is 64.2 Å². The number of rotatable bonds is 44. The Balaban J connectivity index is 2.41. The van der Waals surface area contributed by atoms with E-state index >= 15 is 0 Å². The first-order valence-corrected chi connectivity index (χ1v) is 28.1. The van der Waals surface area contributed by atoms with Gasteiger partial charge in [0, 0.05) is 12.8 Å². The fourth-order valence-corrected chi connectivity index (χ4v) is 8.32. The summed E-state index contributed by atoms with van der Waals surface area (Å²) in [5, 5.41) is 31.0. The van der Waals surface area contributed by atoms with Crippen molar-refractivity contribution in [1.82, 2.24) is 0 Å². The molecule has 1 fully saturated rings. The second-order valence-corrected chi connectivity index (χ2v) is 19.7. The average Bonchev–Trinajstić information content (AvgIpc) is 3.31. The van der Waals surface area contributed by atoms with E-state index in [4.69, 9.17) is 18.9 Å². The van der Waals surface area contributed by atoms with Gasteiger partial charge in [-0.2, -0.15) is 8.42 Å². The number of aliphatic hydroxyl groups is 3. The number of ether oxygens (including phenoxy) is 4. The largest absolute Gasteiger partial charge is 0.462 e. The lowest BCUT2D eigenvalue weighted by molar-refractivity contribution is -0.297. The molecule has 0 aromatic heterocycles. The van der Waals surface area contributed by atoms with E-state index in [-0.39, 0.29) is 19.4 Å². The number of unbranched alkanes of at least 4 members (excludes halogenated alkanes) is 20. The molecule has 1 heterocycles. The molecule has 1 aliphatic rings. The van der Waals surface area contributed by atoms with Crippen LogP contribution >= 0.6 is 0 Å². The van der Waals surface area contributed by atoms with Gasteiger partial charge in [0.1, 0.15) is 36.8 Å². The minimum absolute atomic E-state index is 0.0944. The van der Waals surface area contributed by atoms with Crippen molar-refractivity contribution in [3.8, 4) is 0 Å². The van der Waals surface area contributed by atoms with Crippen molar-refractivity contribution in [3.63, 3.8) is 0 Å². The molecule has 68 heavy (non-hydrogen) atoms. The highest BCUT2D eigenvalue weighted by molar-refractivity contribution is 7.85. The summed E-state index contributed by atoms with van der Waals surface area (Å²) in [7, 11) is -4.62. The molecular weight excluding hydrogens is 885 g/mol. The van der Waals surface area contributed by atoms with Crippen molar-refractivity contribution in [2.45, 2.75) is 243 Å². The molecule has 0 spiro atoms. The van der Waals surface area contributed by atoms with E-state index in [1.54, 1.807) is 0 Å². The van der Waals surface area contributed by atoms with E-state index in [9.17, 15) is 37.9 Å². The van der Waals surface area contributed by atoms with E-state index in [0.29, 0.717) is 19.3 Å². The molecule has 1 rings (SSSR count). The topological polar surface area (TPSA) is 186 Å². The number of esters is 2. The van der Waals surface area contributed by atoms with Gasteiger partial charge in [-0.25, -0.2) is 0 Å².